The minimum absolute atomic E-state index is 0.0861. The molecule has 0 unspecified atom stereocenters. The first-order chi connectivity index (χ1) is 13.1. The Kier molecular flexibility index (Phi) is 3.72. The fourth-order valence-electron chi connectivity index (χ4n) is 4.14. The molecule has 140 valence electrons. The molecule has 1 saturated carbocycles. The first kappa shape index (κ1) is 16.4. The number of nitrogens with zero attached hydrogens (tertiary/aromatic N) is 1. The lowest BCUT2D eigenvalue weighted by atomic mass is 9.76. The molecule has 3 atom stereocenters. The third kappa shape index (κ3) is 2.61. The Bertz CT molecular complexity index is 983. The van der Waals surface area contributed by atoms with Crippen molar-refractivity contribution in [3.05, 3.63) is 51.9 Å². The van der Waals surface area contributed by atoms with E-state index in [1.165, 1.54) is 4.57 Å². The molecule has 1 aromatic carbocycles. The summed E-state index contributed by atoms with van der Waals surface area (Å²) in [5.74, 6) is 1.29. The van der Waals surface area contributed by atoms with Crippen LogP contribution in [-0.4, -0.2) is 36.0 Å². The number of aromatic nitrogens is 1. The fourth-order valence-corrected chi connectivity index (χ4v) is 4.14. The minimum Gasteiger partial charge on any atom is -0.454 e. The molecule has 5 rings (SSSR count). The van der Waals surface area contributed by atoms with E-state index in [9.17, 15) is 9.59 Å². The second-order valence-corrected chi connectivity index (χ2v) is 7.26. The first-order valence-electron chi connectivity index (χ1n) is 9.16. The molecule has 2 fully saturated rings. The number of rotatable bonds is 3. The van der Waals surface area contributed by atoms with Crippen molar-refractivity contribution in [1.29, 1.82) is 0 Å². The number of hydrogen-bond donors (Lipinski definition) is 1. The minimum atomic E-state index is -0.343. The number of nitrogens with one attached hydrogen (secondary N) is 1. The van der Waals surface area contributed by atoms with Gasteiger partial charge in [-0.15, -0.1) is 0 Å². The number of amides is 1. The van der Waals surface area contributed by atoms with Crippen molar-refractivity contribution in [1.82, 2.24) is 9.88 Å². The molecule has 0 spiro atoms. The Labute approximate surface area is 155 Å². The van der Waals surface area contributed by atoms with Crippen LogP contribution in [0.3, 0.4) is 0 Å². The van der Waals surface area contributed by atoms with Crippen LogP contribution in [0.25, 0.3) is 5.69 Å². The molecule has 1 aromatic heterocycles. The highest BCUT2D eigenvalue weighted by Gasteiger charge is 2.46. The standard InChI is InChI=1S/C20H20N2O5/c1-11-4-6-22(12-2-3-15-17(8-12)27-10-26-15)20(24)18(11)19(23)21-14-9-16-13(14)5-7-25-16/h2-4,6,8,13-14,16H,5,7,9-10H2,1H3,(H,21,23)/t13-,14+,16+/m0/s1. The van der Waals surface area contributed by atoms with E-state index in [-0.39, 0.29) is 36.0 Å². The third-order valence-corrected chi connectivity index (χ3v) is 5.74. The van der Waals surface area contributed by atoms with E-state index in [0.717, 1.165) is 19.4 Å². The van der Waals surface area contributed by atoms with Gasteiger partial charge in [0.25, 0.3) is 11.5 Å². The van der Waals surface area contributed by atoms with Crippen LogP contribution >= 0.6 is 0 Å². The first-order valence-corrected chi connectivity index (χ1v) is 9.16. The smallest absolute Gasteiger partial charge is 0.268 e. The Morgan fingerprint density at radius 2 is 2.07 bits per heavy atom. The highest BCUT2D eigenvalue weighted by Crippen LogP contribution is 2.38. The number of hydrogen-bond acceptors (Lipinski definition) is 5. The lowest BCUT2D eigenvalue weighted by molar-refractivity contribution is 0.00806. The lowest BCUT2D eigenvalue weighted by Crippen LogP contribution is -2.54. The monoisotopic (exact) mass is 368 g/mol. The van der Waals surface area contributed by atoms with Crippen LogP contribution < -0.4 is 20.3 Å². The normalized spacial score (nSPS) is 25.0. The Morgan fingerprint density at radius 1 is 1.22 bits per heavy atom. The van der Waals surface area contributed by atoms with Gasteiger partial charge in [-0.3, -0.25) is 14.2 Å². The van der Waals surface area contributed by atoms with E-state index >= 15 is 0 Å². The number of ether oxygens (including phenoxy) is 3. The largest absolute Gasteiger partial charge is 0.454 e. The van der Waals surface area contributed by atoms with Crippen molar-refractivity contribution >= 4 is 5.91 Å². The molecule has 27 heavy (non-hydrogen) atoms. The molecule has 1 N–H and O–H groups in total. The van der Waals surface area contributed by atoms with Gasteiger partial charge < -0.3 is 19.5 Å². The summed E-state index contributed by atoms with van der Waals surface area (Å²) in [7, 11) is 0. The summed E-state index contributed by atoms with van der Waals surface area (Å²) in [6, 6.07) is 7.15. The van der Waals surface area contributed by atoms with Gasteiger partial charge in [-0.1, -0.05) is 0 Å². The van der Waals surface area contributed by atoms with E-state index in [1.807, 2.05) is 0 Å². The predicted molar refractivity (Wildman–Crippen MR) is 96.6 cm³/mol. The molecule has 2 aliphatic heterocycles. The Hall–Kier alpha value is -2.80. The second-order valence-electron chi connectivity index (χ2n) is 7.26. The van der Waals surface area contributed by atoms with Crippen molar-refractivity contribution in [3.63, 3.8) is 0 Å². The summed E-state index contributed by atoms with van der Waals surface area (Å²) < 4.78 is 17.8. The Balaban J connectivity index is 1.45. The van der Waals surface area contributed by atoms with E-state index in [0.29, 0.717) is 28.7 Å². The molecule has 1 saturated heterocycles. The molecule has 1 aliphatic carbocycles. The molecular weight excluding hydrogens is 348 g/mol. The molecule has 3 heterocycles. The van der Waals surface area contributed by atoms with Gasteiger partial charge in [0.1, 0.15) is 5.56 Å². The van der Waals surface area contributed by atoms with Gasteiger partial charge in [-0.05, 0) is 43.5 Å². The fraction of sp³-hybridized carbons (Fsp3) is 0.400. The Morgan fingerprint density at radius 3 is 2.93 bits per heavy atom. The maximum atomic E-state index is 13.1. The van der Waals surface area contributed by atoms with E-state index in [4.69, 9.17) is 14.2 Å². The van der Waals surface area contributed by atoms with E-state index in [1.54, 1.807) is 37.4 Å². The zero-order chi connectivity index (χ0) is 18.5. The van der Waals surface area contributed by atoms with Gasteiger partial charge in [0.05, 0.1) is 11.8 Å². The third-order valence-electron chi connectivity index (χ3n) is 5.74. The van der Waals surface area contributed by atoms with Crippen LogP contribution in [0.5, 0.6) is 11.5 Å². The van der Waals surface area contributed by atoms with Crippen molar-refractivity contribution in [2.24, 2.45) is 5.92 Å². The molecule has 0 bridgehead atoms. The van der Waals surface area contributed by atoms with Gasteiger partial charge in [0.15, 0.2) is 11.5 Å². The number of fused-ring (bicyclic) bond motifs is 2. The average Bonchev–Trinajstić information content (AvgIpc) is 3.25. The molecule has 3 aliphatic rings. The van der Waals surface area contributed by atoms with Gasteiger partial charge in [-0.25, -0.2) is 0 Å². The highest BCUT2D eigenvalue weighted by atomic mass is 16.7. The molecule has 1 amide bonds. The summed E-state index contributed by atoms with van der Waals surface area (Å²) in [4.78, 5) is 25.9. The van der Waals surface area contributed by atoms with Crippen LogP contribution in [0, 0.1) is 12.8 Å². The molecule has 7 nitrogen and oxygen atoms in total. The second kappa shape index (κ2) is 6.13. The maximum absolute atomic E-state index is 13.1. The summed E-state index contributed by atoms with van der Waals surface area (Å²) in [6.45, 7) is 2.70. The SMILES string of the molecule is Cc1ccn(-c2ccc3c(c2)OCO3)c(=O)c1C(=O)N[C@@H]1C[C@H]2OCC[C@@H]12. The van der Waals surface area contributed by atoms with Crippen LogP contribution in [-0.2, 0) is 4.74 Å². The summed E-state index contributed by atoms with van der Waals surface area (Å²) >= 11 is 0. The number of aryl methyl sites for hydroxylation is 1. The molecule has 7 heteroatoms. The maximum Gasteiger partial charge on any atom is 0.268 e. The number of carbonyl (C=O) groups is 1. The van der Waals surface area contributed by atoms with Crippen LogP contribution in [0.4, 0.5) is 0 Å². The van der Waals surface area contributed by atoms with Crippen LogP contribution in [0.15, 0.2) is 35.3 Å². The van der Waals surface area contributed by atoms with E-state index < -0.39 is 0 Å². The predicted octanol–water partition coefficient (Wildman–Crippen LogP) is 1.78. The van der Waals surface area contributed by atoms with Crippen molar-refractivity contribution in [2.75, 3.05) is 13.4 Å². The van der Waals surface area contributed by atoms with Gasteiger partial charge in [-0.2, -0.15) is 0 Å². The molecular formula is C20H20N2O5. The zero-order valence-corrected chi connectivity index (χ0v) is 14.9. The molecule has 0 radical (unpaired) electrons. The zero-order valence-electron chi connectivity index (χ0n) is 14.9. The number of benzene rings is 1. The van der Waals surface area contributed by atoms with Crippen LogP contribution in [0.1, 0.15) is 28.8 Å². The number of pyridine rings is 1. The van der Waals surface area contributed by atoms with Crippen molar-refractivity contribution < 1.29 is 19.0 Å². The molecule has 2 aromatic rings. The quantitative estimate of drug-likeness (QED) is 0.894. The van der Waals surface area contributed by atoms with Crippen molar-refractivity contribution in [2.45, 2.75) is 31.9 Å². The van der Waals surface area contributed by atoms with Crippen LogP contribution in [0.2, 0.25) is 0 Å². The van der Waals surface area contributed by atoms with Gasteiger partial charge in [0, 0.05) is 30.8 Å². The van der Waals surface area contributed by atoms with Gasteiger partial charge >= 0.3 is 0 Å². The summed E-state index contributed by atoms with van der Waals surface area (Å²) in [5.41, 5.74) is 1.13. The summed E-state index contributed by atoms with van der Waals surface area (Å²) in [6.07, 6.45) is 3.72. The average molecular weight is 368 g/mol. The highest BCUT2D eigenvalue weighted by molar-refractivity contribution is 5.95. The van der Waals surface area contributed by atoms with E-state index in [2.05, 4.69) is 5.32 Å². The van der Waals surface area contributed by atoms with Gasteiger partial charge in [0.2, 0.25) is 6.79 Å². The topological polar surface area (TPSA) is 78.8 Å². The van der Waals surface area contributed by atoms with Crippen molar-refractivity contribution in [3.8, 4) is 17.2 Å². The number of carbonyl (C=O) groups excluding carboxylic acids is 1. The summed E-state index contributed by atoms with van der Waals surface area (Å²) in [5, 5.41) is 3.03. The lowest BCUT2D eigenvalue weighted by Gasteiger charge is -2.39.